The molecule has 0 fully saturated rings. The molecule has 0 atom stereocenters. The third-order valence-corrected chi connectivity index (χ3v) is 2.70. The molecule has 0 saturated heterocycles. The maximum atomic E-state index is 5.72. The first-order valence-electron chi connectivity index (χ1n) is 6.55. The summed E-state index contributed by atoms with van der Waals surface area (Å²) in [7, 11) is 1.92. The first kappa shape index (κ1) is 14.0. The zero-order valence-corrected chi connectivity index (χ0v) is 11.5. The standard InChI is InChI=1S/C17H18N2O/c1-19-13-3-2-4-14-5-9-16(10-6-14)20-17-11-7-15(18)8-12-17/h5-12,19H,3,13,18H2,1H3. The zero-order valence-electron chi connectivity index (χ0n) is 11.5. The van der Waals surface area contributed by atoms with Crippen LogP contribution in [0.2, 0.25) is 0 Å². The normalized spacial score (nSPS) is 9.65. The van der Waals surface area contributed by atoms with Gasteiger partial charge in [0.05, 0.1) is 0 Å². The van der Waals surface area contributed by atoms with Gasteiger partial charge in [0.25, 0.3) is 0 Å². The molecule has 0 aromatic heterocycles. The van der Waals surface area contributed by atoms with Crippen molar-refractivity contribution < 1.29 is 4.74 Å². The Balaban J connectivity index is 1.97. The van der Waals surface area contributed by atoms with E-state index in [1.54, 1.807) is 0 Å². The van der Waals surface area contributed by atoms with E-state index in [0.29, 0.717) is 0 Å². The number of rotatable bonds is 4. The second-order valence-electron chi connectivity index (χ2n) is 4.35. The molecule has 2 aromatic carbocycles. The van der Waals surface area contributed by atoms with Crippen LogP contribution < -0.4 is 15.8 Å². The van der Waals surface area contributed by atoms with Gasteiger partial charge in [0.2, 0.25) is 0 Å². The predicted octanol–water partition coefficient (Wildman–Crippen LogP) is 3.02. The monoisotopic (exact) mass is 266 g/mol. The second kappa shape index (κ2) is 7.22. The largest absolute Gasteiger partial charge is 0.457 e. The van der Waals surface area contributed by atoms with Crippen LogP contribution in [0.4, 0.5) is 5.69 Å². The molecule has 0 aliphatic carbocycles. The molecule has 102 valence electrons. The van der Waals surface area contributed by atoms with Gasteiger partial charge in [-0.3, -0.25) is 0 Å². The van der Waals surface area contributed by atoms with Gasteiger partial charge in [0.1, 0.15) is 11.5 Å². The van der Waals surface area contributed by atoms with Crippen LogP contribution in [0, 0.1) is 11.8 Å². The highest BCUT2D eigenvalue weighted by atomic mass is 16.5. The van der Waals surface area contributed by atoms with E-state index in [9.17, 15) is 0 Å². The average molecular weight is 266 g/mol. The van der Waals surface area contributed by atoms with E-state index in [1.807, 2.05) is 55.6 Å². The highest BCUT2D eigenvalue weighted by Gasteiger charge is 1.97. The van der Waals surface area contributed by atoms with E-state index < -0.39 is 0 Å². The minimum atomic E-state index is 0.726. The molecule has 2 rings (SSSR count). The molecule has 3 N–H and O–H groups in total. The Morgan fingerprint density at radius 1 is 1.00 bits per heavy atom. The third-order valence-electron chi connectivity index (χ3n) is 2.70. The van der Waals surface area contributed by atoms with Crippen LogP contribution in [0.15, 0.2) is 48.5 Å². The number of anilines is 1. The topological polar surface area (TPSA) is 47.3 Å². The van der Waals surface area contributed by atoms with Crippen molar-refractivity contribution in [3.63, 3.8) is 0 Å². The molecular formula is C17H18N2O. The first-order chi connectivity index (χ1) is 9.78. The Morgan fingerprint density at radius 2 is 1.60 bits per heavy atom. The van der Waals surface area contributed by atoms with Gasteiger partial charge in [-0.1, -0.05) is 11.8 Å². The lowest BCUT2D eigenvalue weighted by atomic mass is 10.2. The first-order valence-corrected chi connectivity index (χ1v) is 6.55. The molecule has 0 aliphatic heterocycles. The molecule has 0 saturated carbocycles. The van der Waals surface area contributed by atoms with Crippen molar-refractivity contribution >= 4 is 5.69 Å². The van der Waals surface area contributed by atoms with E-state index in [0.717, 1.165) is 35.7 Å². The molecule has 0 unspecified atom stereocenters. The lowest BCUT2D eigenvalue weighted by Gasteiger charge is -2.05. The summed E-state index contributed by atoms with van der Waals surface area (Å²) in [4.78, 5) is 0. The summed E-state index contributed by atoms with van der Waals surface area (Å²) in [5.74, 6) is 7.78. The molecule has 0 radical (unpaired) electrons. The van der Waals surface area contributed by atoms with Gasteiger partial charge >= 0.3 is 0 Å². The van der Waals surface area contributed by atoms with Crippen LogP contribution in [0.3, 0.4) is 0 Å². The number of ether oxygens (including phenoxy) is 1. The molecule has 0 spiro atoms. The van der Waals surface area contributed by atoms with Gasteiger partial charge in [-0.2, -0.15) is 0 Å². The van der Waals surface area contributed by atoms with Crippen molar-refractivity contribution in [2.45, 2.75) is 6.42 Å². The number of nitrogens with two attached hydrogens (primary N) is 1. The number of hydrogen-bond donors (Lipinski definition) is 2. The average Bonchev–Trinajstić information content (AvgIpc) is 2.48. The number of benzene rings is 2. The van der Waals surface area contributed by atoms with Crippen LogP contribution in [0.1, 0.15) is 12.0 Å². The van der Waals surface area contributed by atoms with Crippen molar-refractivity contribution in [3.8, 4) is 23.3 Å². The van der Waals surface area contributed by atoms with E-state index in [4.69, 9.17) is 10.5 Å². The summed E-state index contributed by atoms with van der Waals surface area (Å²) in [5.41, 5.74) is 7.35. The summed E-state index contributed by atoms with van der Waals surface area (Å²) >= 11 is 0. The predicted molar refractivity (Wildman–Crippen MR) is 82.8 cm³/mol. The van der Waals surface area contributed by atoms with Crippen LogP contribution in [-0.2, 0) is 0 Å². The smallest absolute Gasteiger partial charge is 0.127 e. The van der Waals surface area contributed by atoms with Gasteiger partial charge in [-0.05, 0) is 55.6 Å². The molecule has 3 heteroatoms. The summed E-state index contributed by atoms with van der Waals surface area (Å²) in [6.07, 6.45) is 0.847. The van der Waals surface area contributed by atoms with Crippen molar-refractivity contribution in [2.75, 3.05) is 19.3 Å². The van der Waals surface area contributed by atoms with E-state index in [2.05, 4.69) is 17.2 Å². The SMILES string of the molecule is CNCCC#Cc1ccc(Oc2ccc(N)cc2)cc1. The summed E-state index contributed by atoms with van der Waals surface area (Å²) in [6.45, 7) is 0.908. The number of hydrogen-bond acceptors (Lipinski definition) is 3. The fourth-order valence-electron chi connectivity index (χ4n) is 1.63. The Morgan fingerprint density at radius 3 is 2.20 bits per heavy atom. The molecule has 0 amide bonds. The molecule has 3 nitrogen and oxygen atoms in total. The molecule has 0 bridgehead atoms. The molecule has 0 aliphatic rings. The van der Waals surface area contributed by atoms with Gasteiger partial charge < -0.3 is 15.8 Å². The molecular weight excluding hydrogens is 248 g/mol. The zero-order chi connectivity index (χ0) is 14.2. The fourth-order valence-corrected chi connectivity index (χ4v) is 1.63. The molecule has 2 aromatic rings. The number of nitrogen functional groups attached to an aromatic ring is 1. The molecule has 20 heavy (non-hydrogen) atoms. The Kier molecular flexibility index (Phi) is 5.05. The quantitative estimate of drug-likeness (QED) is 0.508. The lowest BCUT2D eigenvalue weighted by Crippen LogP contribution is -2.05. The third kappa shape index (κ3) is 4.34. The highest BCUT2D eigenvalue weighted by Crippen LogP contribution is 2.22. The Hall–Kier alpha value is -2.44. The lowest BCUT2D eigenvalue weighted by molar-refractivity contribution is 0.483. The molecule has 0 heterocycles. The van der Waals surface area contributed by atoms with Crippen molar-refractivity contribution in [2.24, 2.45) is 0 Å². The van der Waals surface area contributed by atoms with Crippen LogP contribution in [0.5, 0.6) is 11.5 Å². The van der Waals surface area contributed by atoms with E-state index in [-0.39, 0.29) is 0 Å². The second-order valence-corrected chi connectivity index (χ2v) is 4.35. The maximum absolute atomic E-state index is 5.72. The summed E-state index contributed by atoms with van der Waals surface area (Å²) in [5, 5.41) is 3.06. The highest BCUT2D eigenvalue weighted by molar-refractivity contribution is 5.44. The summed E-state index contributed by atoms with van der Waals surface area (Å²) in [6, 6.07) is 15.1. The van der Waals surface area contributed by atoms with E-state index in [1.165, 1.54) is 0 Å². The maximum Gasteiger partial charge on any atom is 0.127 e. The van der Waals surface area contributed by atoms with Crippen LogP contribution in [0.25, 0.3) is 0 Å². The Labute approximate surface area is 119 Å². The van der Waals surface area contributed by atoms with Crippen molar-refractivity contribution in [3.05, 3.63) is 54.1 Å². The van der Waals surface area contributed by atoms with E-state index >= 15 is 0 Å². The van der Waals surface area contributed by atoms with Gasteiger partial charge in [0, 0.05) is 24.2 Å². The van der Waals surface area contributed by atoms with Gasteiger partial charge in [0.15, 0.2) is 0 Å². The van der Waals surface area contributed by atoms with Crippen LogP contribution >= 0.6 is 0 Å². The minimum Gasteiger partial charge on any atom is -0.457 e. The van der Waals surface area contributed by atoms with Crippen molar-refractivity contribution in [1.29, 1.82) is 0 Å². The van der Waals surface area contributed by atoms with Gasteiger partial charge in [-0.15, -0.1) is 0 Å². The van der Waals surface area contributed by atoms with Gasteiger partial charge in [-0.25, -0.2) is 0 Å². The Bertz CT molecular complexity index is 592. The van der Waals surface area contributed by atoms with Crippen molar-refractivity contribution in [1.82, 2.24) is 5.32 Å². The summed E-state index contributed by atoms with van der Waals surface area (Å²) < 4.78 is 5.72. The van der Waals surface area contributed by atoms with Crippen LogP contribution in [-0.4, -0.2) is 13.6 Å². The fraction of sp³-hybridized carbons (Fsp3) is 0.176. The minimum absolute atomic E-state index is 0.726. The number of nitrogens with one attached hydrogen (secondary N) is 1.